The monoisotopic (exact) mass is 235 g/mol. The van der Waals surface area contributed by atoms with Gasteiger partial charge in [-0.05, 0) is 18.2 Å². The first-order valence-corrected chi connectivity index (χ1v) is 4.17. The molecule has 0 atom stereocenters. The highest BCUT2D eigenvalue weighted by atomic mass is 35.5. The Labute approximate surface area is 88.4 Å². The summed E-state index contributed by atoms with van der Waals surface area (Å²) in [4.78, 5) is 13.4. The summed E-state index contributed by atoms with van der Waals surface area (Å²) in [6.45, 7) is 0. The number of rotatable bonds is 2. The zero-order valence-corrected chi connectivity index (χ0v) is 8.01. The first kappa shape index (κ1) is 11.7. The quantitative estimate of drug-likeness (QED) is 0.571. The van der Waals surface area contributed by atoms with Gasteiger partial charge in [0.1, 0.15) is 0 Å². The molecule has 0 saturated carbocycles. The second-order valence-corrected chi connectivity index (χ2v) is 3.05. The number of alkyl halides is 3. The van der Waals surface area contributed by atoms with Gasteiger partial charge >= 0.3 is 6.18 Å². The highest BCUT2D eigenvalue weighted by molar-refractivity contribution is 6.31. The van der Waals surface area contributed by atoms with Crippen LogP contribution in [0.1, 0.15) is 5.56 Å². The minimum absolute atomic E-state index is 0.0121. The topological polar surface area (TPSA) is 29.4 Å². The molecule has 1 aromatic rings. The van der Waals surface area contributed by atoms with Gasteiger partial charge in [0.25, 0.3) is 0 Å². The number of carbonyl (C=O) groups is 1. The van der Waals surface area contributed by atoms with Crippen molar-refractivity contribution in [2.24, 2.45) is 4.99 Å². The van der Waals surface area contributed by atoms with E-state index in [4.69, 9.17) is 11.6 Å². The highest BCUT2D eigenvalue weighted by Gasteiger charge is 2.31. The molecule has 2 nitrogen and oxygen atoms in total. The van der Waals surface area contributed by atoms with Crippen molar-refractivity contribution in [1.29, 1.82) is 0 Å². The molecule has 1 rings (SSSR count). The summed E-state index contributed by atoms with van der Waals surface area (Å²) in [6, 6.07) is 2.84. The zero-order valence-electron chi connectivity index (χ0n) is 7.25. The van der Waals surface area contributed by atoms with Crippen molar-refractivity contribution in [1.82, 2.24) is 0 Å². The fraction of sp³-hybridized carbons (Fsp3) is 0.111. The number of halogens is 4. The van der Waals surface area contributed by atoms with E-state index in [2.05, 4.69) is 4.99 Å². The van der Waals surface area contributed by atoms with Crippen LogP contribution in [-0.2, 0) is 11.0 Å². The molecule has 0 amide bonds. The van der Waals surface area contributed by atoms with Crippen LogP contribution in [0.25, 0.3) is 0 Å². The smallest absolute Gasteiger partial charge is 0.297 e. The Kier molecular flexibility index (Phi) is 3.47. The van der Waals surface area contributed by atoms with Crippen molar-refractivity contribution in [3.8, 4) is 0 Å². The molecule has 0 aromatic heterocycles. The lowest BCUT2D eigenvalue weighted by molar-refractivity contribution is -0.137. The van der Waals surface area contributed by atoms with Crippen LogP contribution in [-0.4, -0.2) is 12.5 Å². The Morgan fingerprint density at radius 1 is 1.27 bits per heavy atom. The Bertz CT molecular complexity index is 401. The van der Waals surface area contributed by atoms with Gasteiger partial charge in [-0.2, -0.15) is 13.2 Å². The summed E-state index contributed by atoms with van der Waals surface area (Å²) >= 11 is 5.47. The van der Waals surface area contributed by atoms with E-state index in [-0.39, 0.29) is 10.7 Å². The molecule has 0 N–H and O–H groups in total. The molecule has 0 fully saturated rings. The van der Waals surface area contributed by atoms with Gasteiger partial charge in [0.15, 0.2) is 6.29 Å². The lowest BCUT2D eigenvalue weighted by Crippen LogP contribution is -2.04. The van der Waals surface area contributed by atoms with E-state index in [0.29, 0.717) is 6.29 Å². The summed E-state index contributed by atoms with van der Waals surface area (Å²) in [6.07, 6.45) is -3.25. The molecular weight excluding hydrogens is 231 g/mol. The van der Waals surface area contributed by atoms with Crippen molar-refractivity contribution in [3.05, 3.63) is 28.8 Å². The first-order valence-electron chi connectivity index (χ1n) is 3.79. The average molecular weight is 236 g/mol. The van der Waals surface area contributed by atoms with Crippen molar-refractivity contribution in [2.75, 3.05) is 0 Å². The second kappa shape index (κ2) is 4.44. The third-order valence-electron chi connectivity index (χ3n) is 1.49. The lowest BCUT2D eigenvalue weighted by Gasteiger charge is -2.07. The molecule has 0 bridgehead atoms. The number of hydrogen-bond donors (Lipinski definition) is 0. The van der Waals surface area contributed by atoms with Gasteiger partial charge in [0.2, 0.25) is 0 Å². The minimum atomic E-state index is -4.48. The third-order valence-corrected chi connectivity index (χ3v) is 1.71. The SMILES string of the molecule is O=CC=Nc1cc(Cl)cc(C(F)(F)F)c1. The molecule has 0 aliphatic rings. The van der Waals surface area contributed by atoms with Crippen LogP contribution >= 0.6 is 11.6 Å². The highest BCUT2D eigenvalue weighted by Crippen LogP contribution is 2.33. The van der Waals surface area contributed by atoms with E-state index < -0.39 is 11.7 Å². The van der Waals surface area contributed by atoms with Crippen LogP contribution in [0, 0.1) is 0 Å². The lowest BCUT2D eigenvalue weighted by atomic mass is 10.2. The van der Waals surface area contributed by atoms with Crippen LogP contribution in [0.2, 0.25) is 5.02 Å². The first-order chi connectivity index (χ1) is 6.93. The number of benzene rings is 1. The summed E-state index contributed by atoms with van der Waals surface area (Å²) in [5.74, 6) is 0. The standard InChI is InChI=1S/C9H5ClF3NO/c10-7-3-6(9(11,12)13)4-8(5-7)14-1-2-15/h1-5H. The summed E-state index contributed by atoms with van der Waals surface area (Å²) in [5.41, 5.74) is -0.907. The van der Waals surface area contributed by atoms with Gasteiger partial charge in [-0.15, -0.1) is 0 Å². The van der Waals surface area contributed by atoms with E-state index >= 15 is 0 Å². The third kappa shape index (κ3) is 3.36. The van der Waals surface area contributed by atoms with Gasteiger partial charge in [-0.25, -0.2) is 0 Å². The summed E-state index contributed by atoms with van der Waals surface area (Å²) < 4.78 is 36.9. The zero-order chi connectivity index (χ0) is 11.5. The molecular formula is C9H5ClF3NO. The fourth-order valence-electron chi connectivity index (χ4n) is 0.929. The van der Waals surface area contributed by atoms with E-state index in [1.54, 1.807) is 0 Å². The number of hydrogen-bond acceptors (Lipinski definition) is 2. The second-order valence-electron chi connectivity index (χ2n) is 2.61. The predicted molar refractivity (Wildman–Crippen MR) is 50.7 cm³/mol. The molecule has 0 saturated heterocycles. The van der Waals surface area contributed by atoms with Gasteiger partial charge in [-0.3, -0.25) is 9.79 Å². The van der Waals surface area contributed by atoms with Crippen molar-refractivity contribution in [3.63, 3.8) is 0 Å². The molecule has 0 unspecified atom stereocenters. The largest absolute Gasteiger partial charge is 0.416 e. The maximum absolute atomic E-state index is 12.3. The number of carbonyl (C=O) groups excluding carboxylic acids is 1. The molecule has 0 heterocycles. The summed E-state index contributed by atoms with van der Waals surface area (Å²) in [5, 5.41) is -0.0807. The molecule has 0 aliphatic carbocycles. The normalized spacial score (nSPS) is 12.0. The predicted octanol–water partition coefficient (Wildman–Crippen LogP) is 3.26. The molecule has 0 radical (unpaired) electrons. The van der Waals surface area contributed by atoms with E-state index in [1.165, 1.54) is 6.07 Å². The maximum Gasteiger partial charge on any atom is 0.416 e. The molecule has 80 valence electrons. The molecule has 0 spiro atoms. The van der Waals surface area contributed by atoms with E-state index in [9.17, 15) is 18.0 Å². The van der Waals surface area contributed by atoms with Crippen LogP contribution in [0.5, 0.6) is 0 Å². The van der Waals surface area contributed by atoms with E-state index in [1.807, 2.05) is 0 Å². The molecule has 6 heteroatoms. The Hall–Kier alpha value is -1.36. The minimum Gasteiger partial charge on any atom is -0.297 e. The van der Waals surface area contributed by atoms with Gasteiger partial charge < -0.3 is 0 Å². The fourth-order valence-corrected chi connectivity index (χ4v) is 1.16. The summed E-state index contributed by atoms with van der Waals surface area (Å²) in [7, 11) is 0. The molecule has 1 aromatic carbocycles. The number of nitrogens with zero attached hydrogens (tertiary/aromatic N) is 1. The Balaban J connectivity index is 3.16. The van der Waals surface area contributed by atoms with Crippen molar-refractivity contribution in [2.45, 2.75) is 6.18 Å². The molecule has 15 heavy (non-hydrogen) atoms. The average Bonchev–Trinajstić information content (AvgIpc) is 2.12. The van der Waals surface area contributed by atoms with Crippen LogP contribution in [0.15, 0.2) is 23.2 Å². The molecule has 0 aliphatic heterocycles. The Morgan fingerprint density at radius 2 is 1.93 bits per heavy atom. The van der Waals surface area contributed by atoms with Crippen LogP contribution in [0.4, 0.5) is 18.9 Å². The van der Waals surface area contributed by atoms with Crippen LogP contribution < -0.4 is 0 Å². The van der Waals surface area contributed by atoms with Gasteiger partial charge in [0.05, 0.1) is 17.5 Å². The van der Waals surface area contributed by atoms with Gasteiger partial charge in [-0.1, -0.05) is 11.6 Å². The van der Waals surface area contributed by atoms with Crippen LogP contribution in [0.3, 0.4) is 0 Å². The van der Waals surface area contributed by atoms with Crippen molar-refractivity contribution >= 4 is 29.8 Å². The van der Waals surface area contributed by atoms with E-state index in [0.717, 1.165) is 18.3 Å². The Morgan fingerprint density at radius 3 is 2.47 bits per heavy atom. The number of aliphatic imine (C=N–C) groups is 1. The number of aldehydes is 1. The van der Waals surface area contributed by atoms with Crippen molar-refractivity contribution < 1.29 is 18.0 Å². The maximum atomic E-state index is 12.3. The van der Waals surface area contributed by atoms with Gasteiger partial charge in [0, 0.05) is 5.02 Å².